The minimum atomic E-state index is -0.949. The van der Waals surface area contributed by atoms with Crippen molar-refractivity contribution in [3.8, 4) is 17.2 Å². The third-order valence-electron chi connectivity index (χ3n) is 7.07. The van der Waals surface area contributed by atoms with E-state index >= 15 is 0 Å². The Kier molecular flexibility index (Phi) is 9.41. The Hall–Kier alpha value is -4.63. The van der Waals surface area contributed by atoms with Gasteiger partial charge in [-0.3, -0.25) is 14.5 Å². The van der Waals surface area contributed by atoms with E-state index in [1.807, 2.05) is 55.5 Å². The van der Waals surface area contributed by atoms with E-state index in [0.29, 0.717) is 46.7 Å². The van der Waals surface area contributed by atoms with Crippen molar-refractivity contribution in [2.75, 3.05) is 25.2 Å². The maximum absolute atomic E-state index is 13.7. The van der Waals surface area contributed by atoms with E-state index in [4.69, 9.17) is 19.2 Å². The fourth-order valence-electron chi connectivity index (χ4n) is 4.96. The molecule has 0 bridgehead atoms. The number of nitrogens with zero attached hydrogens (tertiary/aromatic N) is 2. The number of allylic oxidation sites excluding steroid dienone is 1. The van der Waals surface area contributed by atoms with E-state index in [1.54, 1.807) is 31.4 Å². The Balaban J connectivity index is 1.57. The van der Waals surface area contributed by atoms with E-state index in [1.165, 1.54) is 22.3 Å². The monoisotopic (exact) mass is 598 g/mol. The molecule has 0 radical (unpaired) electrons. The average Bonchev–Trinajstić information content (AvgIpc) is 3.56. The molecule has 0 saturated heterocycles. The van der Waals surface area contributed by atoms with Crippen molar-refractivity contribution in [1.82, 2.24) is 4.98 Å². The van der Waals surface area contributed by atoms with Crippen LogP contribution in [0, 0.1) is 0 Å². The molecule has 1 aromatic heterocycles. The van der Waals surface area contributed by atoms with Gasteiger partial charge in [0.1, 0.15) is 5.75 Å². The maximum atomic E-state index is 13.7. The molecule has 0 aliphatic carbocycles. The fourth-order valence-corrected chi connectivity index (χ4v) is 5.98. The second-order valence-electron chi connectivity index (χ2n) is 9.97. The number of anilines is 1. The van der Waals surface area contributed by atoms with Crippen LogP contribution in [0.4, 0.5) is 5.13 Å². The molecule has 9 heteroatoms. The molecule has 1 N–H and O–H groups in total. The van der Waals surface area contributed by atoms with Crippen molar-refractivity contribution in [1.29, 1.82) is 0 Å². The number of hydrogen-bond acceptors (Lipinski definition) is 8. The number of fused-ring (bicyclic) bond motifs is 1. The van der Waals surface area contributed by atoms with Gasteiger partial charge in [0.2, 0.25) is 0 Å². The van der Waals surface area contributed by atoms with E-state index in [-0.39, 0.29) is 5.57 Å². The second-order valence-corrected chi connectivity index (χ2v) is 11.0. The quantitative estimate of drug-likeness (QED) is 0.126. The van der Waals surface area contributed by atoms with Crippen molar-refractivity contribution < 1.29 is 28.9 Å². The number of amides is 1. The summed E-state index contributed by atoms with van der Waals surface area (Å²) < 4.78 is 18.1. The molecule has 1 atom stereocenters. The van der Waals surface area contributed by atoms with Crippen LogP contribution >= 0.6 is 11.3 Å². The summed E-state index contributed by atoms with van der Waals surface area (Å²) in [5.74, 6) is -0.0838. The summed E-state index contributed by atoms with van der Waals surface area (Å²) in [6.07, 6.45) is 6.08. The Morgan fingerprint density at radius 1 is 1.02 bits per heavy atom. The molecule has 4 aromatic rings. The summed E-state index contributed by atoms with van der Waals surface area (Å²) in [4.78, 5) is 33.4. The summed E-state index contributed by atoms with van der Waals surface area (Å²) >= 11 is 1.28. The highest BCUT2D eigenvalue weighted by Gasteiger charge is 2.45. The van der Waals surface area contributed by atoms with Gasteiger partial charge in [0.05, 0.1) is 42.2 Å². The van der Waals surface area contributed by atoms with Crippen molar-refractivity contribution in [3.63, 3.8) is 0 Å². The van der Waals surface area contributed by atoms with Crippen molar-refractivity contribution in [3.05, 3.63) is 95.3 Å². The molecule has 0 fully saturated rings. The second kappa shape index (κ2) is 13.6. The molecule has 8 nitrogen and oxygen atoms in total. The topological polar surface area (TPSA) is 98.2 Å². The predicted octanol–water partition coefficient (Wildman–Crippen LogP) is 7.46. The lowest BCUT2D eigenvalue weighted by Crippen LogP contribution is -2.30. The summed E-state index contributed by atoms with van der Waals surface area (Å²) in [6.45, 7) is 5.10. The molecule has 1 amide bonds. The first-order valence-electron chi connectivity index (χ1n) is 14.3. The Labute approximate surface area is 254 Å². The number of methoxy groups -OCH3 is 1. The minimum Gasteiger partial charge on any atom is -0.503 e. The highest BCUT2D eigenvalue weighted by Crippen LogP contribution is 2.45. The van der Waals surface area contributed by atoms with Crippen LogP contribution < -0.4 is 19.1 Å². The van der Waals surface area contributed by atoms with Crippen LogP contribution in [-0.4, -0.2) is 42.1 Å². The van der Waals surface area contributed by atoms with Gasteiger partial charge in [0, 0.05) is 0 Å². The van der Waals surface area contributed by atoms with Gasteiger partial charge in [-0.05, 0) is 60.9 Å². The van der Waals surface area contributed by atoms with Crippen LogP contribution in [0.15, 0.2) is 84.1 Å². The lowest BCUT2D eigenvalue weighted by molar-refractivity contribution is -0.117. The molecule has 5 rings (SSSR count). The third-order valence-corrected chi connectivity index (χ3v) is 8.09. The van der Waals surface area contributed by atoms with Gasteiger partial charge < -0.3 is 19.3 Å². The first-order chi connectivity index (χ1) is 20.9. The fraction of sp³-hybridized carbons (Fsp3) is 0.265. The molecule has 0 spiro atoms. The van der Waals surface area contributed by atoms with Gasteiger partial charge in [-0.25, -0.2) is 4.98 Å². The number of carbonyl (C=O) groups excluding carboxylic acids is 2. The molecule has 1 aliphatic heterocycles. The van der Waals surface area contributed by atoms with E-state index in [2.05, 4.69) is 6.92 Å². The van der Waals surface area contributed by atoms with Crippen molar-refractivity contribution in [2.45, 2.75) is 39.2 Å². The minimum absolute atomic E-state index is 0.0369. The number of unbranched alkanes of at least 4 members (excludes halogenated alkanes) is 2. The molecule has 3 aromatic carbocycles. The van der Waals surface area contributed by atoms with Gasteiger partial charge >= 0.3 is 0 Å². The van der Waals surface area contributed by atoms with Gasteiger partial charge in [-0.1, -0.05) is 73.6 Å². The summed E-state index contributed by atoms with van der Waals surface area (Å²) in [5, 5.41) is 11.5. The first kappa shape index (κ1) is 29.8. The average molecular weight is 599 g/mol. The Morgan fingerprint density at radius 2 is 1.84 bits per heavy atom. The zero-order valence-corrected chi connectivity index (χ0v) is 25.2. The number of ketones is 1. The summed E-state index contributed by atoms with van der Waals surface area (Å²) in [5.41, 5.74) is 2.02. The molecule has 0 saturated carbocycles. The Morgan fingerprint density at radius 3 is 2.58 bits per heavy atom. The van der Waals surface area contributed by atoms with Crippen molar-refractivity contribution in [2.24, 2.45) is 0 Å². The maximum Gasteiger partial charge on any atom is 0.296 e. The van der Waals surface area contributed by atoms with Crippen LogP contribution in [-0.2, 0) is 9.59 Å². The largest absolute Gasteiger partial charge is 0.503 e. The van der Waals surface area contributed by atoms with Crippen LogP contribution in [0.25, 0.3) is 16.3 Å². The van der Waals surface area contributed by atoms with E-state index in [0.717, 1.165) is 29.5 Å². The molecule has 2 heterocycles. The number of ether oxygens (including phenoxy) is 3. The normalized spacial score (nSPS) is 15.1. The number of benzene rings is 3. The number of carbonyl (C=O) groups is 2. The van der Waals surface area contributed by atoms with E-state index in [9.17, 15) is 14.7 Å². The Bertz CT molecular complexity index is 1680. The van der Waals surface area contributed by atoms with Crippen LogP contribution in [0.1, 0.15) is 50.3 Å². The van der Waals surface area contributed by atoms with Crippen LogP contribution in [0.3, 0.4) is 0 Å². The number of thiazole rings is 1. The molecule has 222 valence electrons. The zero-order chi connectivity index (χ0) is 30.3. The number of rotatable bonds is 13. The highest BCUT2D eigenvalue weighted by molar-refractivity contribution is 7.22. The van der Waals surface area contributed by atoms with E-state index < -0.39 is 23.5 Å². The summed E-state index contributed by atoms with van der Waals surface area (Å²) in [7, 11) is 1.54. The van der Waals surface area contributed by atoms with Crippen molar-refractivity contribution >= 4 is 44.5 Å². The lowest BCUT2D eigenvalue weighted by Gasteiger charge is -2.25. The molecule has 1 aliphatic rings. The number of aromatic nitrogens is 1. The highest BCUT2D eigenvalue weighted by atomic mass is 32.1. The number of aliphatic hydroxyl groups excluding tert-OH is 1. The van der Waals surface area contributed by atoms with Gasteiger partial charge in [-0.15, -0.1) is 0 Å². The zero-order valence-electron chi connectivity index (χ0n) is 24.4. The predicted molar refractivity (Wildman–Crippen MR) is 169 cm³/mol. The molecule has 43 heavy (non-hydrogen) atoms. The molecular formula is C34H34N2O6S. The SMILES string of the molecule is CCCCCOc1ccc(C2C(C(=O)C=Cc3ccccc3)=C(O)C(=O)N2c2nc3ccc(OCC)cc3s2)cc1OC. The number of aliphatic hydroxyl groups is 1. The van der Waals surface area contributed by atoms with Crippen LogP contribution in [0.2, 0.25) is 0 Å². The molecular weight excluding hydrogens is 564 g/mol. The molecule has 1 unspecified atom stereocenters. The third kappa shape index (κ3) is 6.41. The summed E-state index contributed by atoms with van der Waals surface area (Å²) in [6, 6.07) is 19.2. The number of hydrogen-bond donors (Lipinski definition) is 1. The smallest absolute Gasteiger partial charge is 0.296 e. The lowest BCUT2D eigenvalue weighted by atomic mass is 9.95. The van der Waals surface area contributed by atoms with Crippen LogP contribution in [0.5, 0.6) is 17.2 Å². The standard InChI is InChI=1S/C34H34N2O6S/c1-4-6-10-19-42-27-18-14-23(20-28(27)40-3)31-30(26(37)17-13-22-11-8-7-9-12-22)32(38)33(39)36(31)34-35-25-16-15-24(41-5-2)21-29(25)43-34/h7-9,11-18,20-21,31,38H,4-6,10,19H2,1-3H3. The first-order valence-corrected chi connectivity index (χ1v) is 15.1. The van der Waals surface area contributed by atoms with Gasteiger partial charge in [0.25, 0.3) is 5.91 Å². The van der Waals surface area contributed by atoms with Gasteiger partial charge in [-0.2, -0.15) is 0 Å². The van der Waals surface area contributed by atoms with Gasteiger partial charge in [0.15, 0.2) is 28.2 Å².